The first-order chi connectivity index (χ1) is 12.7. The van der Waals surface area contributed by atoms with Crippen LogP contribution in [0.5, 0.6) is 0 Å². The van der Waals surface area contributed by atoms with Crippen molar-refractivity contribution in [1.82, 2.24) is 19.5 Å². The van der Waals surface area contributed by atoms with Crippen LogP contribution >= 0.6 is 0 Å². The number of hydrogen-bond acceptors (Lipinski definition) is 7. The molecule has 1 saturated heterocycles. The maximum absolute atomic E-state index is 13.0. The topological polar surface area (TPSA) is 105 Å². The van der Waals surface area contributed by atoms with E-state index in [1.165, 1.54) is 36.5 Å². The first-order valence-corrected chi connectivity index (χ1v) is 9.17. The third-order valence-corrected chi connectivity index (χ3v) is 6.18. The average Bonchev–Trinajstić information content (AvgIpc) is 3.41. The minimum Gasteiger partial charge on any atom is -0.387 e. The van der Waals surface area contributed by atoms with Crippen molar-refractivity contribution in [1.29, 1.82) is 0 Å². The predicted octanol–water partition coefficient (Wildman–Crippen LogP) is 1.02. The monoisotopic (exact) mass is 363 g/mol. The molecule has 1 aliphatic heterocycles. The van der Waals surface area contributed by atoms with Crippen molar-refractivity contribution >= 4 is 17.0 Å². The molecule has 26 heavy (non-hydrogen) atoms. The van der Waals surface area contributed by atoms with Crippen LogP contribution in [-0.2, 0) is 4.74 Å². The van der Waals surface area contributed by atoms with Crippen molar-refractivity contribution in [3.8, 4) is 0 Å². The smallest absolute Gasteiger partial charge is 0.167 e. The van der Waals surface area contributed by atoms with Crippen LogP contribution in [0, 0.1) is 11.8 Å². The summed E-state index contributed by atoms with van der Waals surface area (Å²) in [5.41, 5.74) is 1.07. The van der Waals surface area contributed by atoms with Crippen molar-refractivity contribution in [3.63, 3.8) is 0 Å². The molecule has 2 aromatic heterocycles. The lowest BCUT2D eigenvalue weighted by Gasteiger charge is -2.23. The van der Waals surface area contributed by atoms with Crippen LogP contribution < -0.4 is 5.32 Å². The number of halogens is 1. The van der Waals surface area contributed by atoms with E-state index < -0.39 is 31.2 Å². The number of rotatable bonds is 4. The molecule has 0 unspecified atom stereocenters. The molecule has 2 saturated carbocycles. The second-order valence-corrected chi connectivity index (χ2v) is 7.67. The molecule has 0 amide bonds. The molecule has 8 nitrogen and oxygen atoms in total. The number of aromatic nitrogens is 4. The normalized spacial score (nSPS) is 39.1. The van der Waals surface area contributed by atoms with Gasteiger partial charge in [-0.3, -0.25) is 4.57 Å². The van der Waals surface area contributed by atoms with Gasteiger partial charge in [0, 0.05) is 6.04 Å². The lowest BCUT2D eigenvalue weighted by Crippen LogP contribution is -2.32. The fraction of sp³-hybridized carbons (Fsp3) is 0.706. The molecule has 7 atom stereocenters. The van der Waals surface area contributed by atoms with E-state index in [1.54, 1.807) is 0 Å². The summed E-state index contributed by atoms with van der Waals surface area (Å²) in [5.74, 6) is 2.17. The highest BCUT2D eigenvalue weighted by atomic mass is 19.1. The fourth-order valence-corrected chi connectivity index (χ4v) is 4.83. The summed E-state index contributed by atoms with van der Waals surface area (Å²) in [4.78, 5) is 13.0. The van der Waals surface area contributed by atoms with Crippen molar-refractivity contribution in [3.05, 3.63) is 12.7 Å². The minimum atomic E-state index is -1.28. The number of nitrogens with one attached hydrogen (secondary N) is 1. The number of anilines is 1. The Kier molecular flexibility index (Phi) is 3.84. The quantitative estimate of drug-likeness (QED) is 0.745. The van der Waals surface area contributed by atoms with E-state index in [4.69, 9.17) is 4.74 Å². The van der Waals surface area contributed by atoms with Gasteiger partial charge in [-0.25, -0.2) is 19.3 Å². The molecule has 3 N–H and O–H groups in total. The lowest BCUT2D eigenvalue weighted by molar-refractivity contribution is -0.0409. The second kappa shape index (κ2) is 6.11. The Balaban J connectivity index is 1.44. The highest BCUT2D eigenvalue weighted by molar-refractivity contribution is 5.82. The maximum atomic E-state index is 13.0. The van der Waals surface area contributed by atoms with Crippen LogP contribution in [0.25, 0.3) is 11.2 Å². The molecule has 140 valence electrons. The Morgan fingerprint density at radius 3 is 2.77 bits per heavy atom. The summed E-state index contributed by atoms with van der Waals surface area (Å²) >= 11 is 0. The van der Waals surface area contributed by atoms with Gasteiger partial charge in [0.05, 0.1) is 6.33 Å². The summed E-state index contributed by atoms with van der Waals surface area (Å²) in [7, 11) is 0. The number of ether oxygens (including phenoxy) is 1. The number of aliphatic hydroxyl groups is 2. The highest BCUT2D eigenvalue weighted by Gasteiger charge is 2.44. The van der Waals surface area contributed by atoms with Crippen LogP contribution in [0.3, 0.4) is 0 Å². The minimum absolute atomic E-state index is 0.406. The van der Waals surface area contributed by atoms with Crippen LogP contribution in [0.15, 0.2) is 12.7 Å². The maximum Gasteiger partial charge on any atom is 0.167 e. The molecule has 2 aromatic rings. The van der Waals surface area contributed by atoms with E-state index in [9.17, 15) is 14.6 Å². The first kappa shape index (κ1) is 16.3. The Labute approximate surface area is 149 Å². The zero-order valence-corrected chi connectivity index (χ0v) is 14.2. The van der Waals surface area contributed by atoms with Crippen LogP contribution in [0.4, 0.5) is 10.2 Å². The van der Waals surface area contributed by atoms with Crippen LogP contribution in [0.1, 0.15) is 31.9 Å². The Bertz CT molecular complexity index is 817. The predicted molar refractivity (Wildman–Crippen MR) is 90.1 cm³/mol. The largest absolute Gasteiger partial charge is 0.387 e. The van der Waals surface area contributed by atoms with Gasteiger partial charge in [-0.15, -0.1) is 0 Å². The highest BCUT2D eigenvalue weighted by Crippen LogP contribution is 2.45. The number of hydrogen-bond donors (Lipinski definition) is 3. The number of imidazole rings is 1. The average molecular weight is 363 g/mol. The number of aliphatic hydroxyl groups excluding tert-OH is 2. The molecule has 3 heterocycles. The van der Waals surface area contributed by atoms with Crippen molar-refractivity contribution in [2.75, 3.05) is 12.0 Å². The molecular weight excluding hydrogens is 341 g/mol. The standard InChI is InChI=1S/C17H22FN5O3/c18-5-11-13(24)14(25)17(26-11)23-7-21-12-15(19-6-20-16(12)23)22-10-4-8-1-2-9(10)3-8/h6-11,13-14,17,24-25H,1-5H2,(H,19,20,22)/t8-,9+,10-,11-,13-,14-,17-/m1/s1. The molecule has 5 rings (SSSR count). The van der Waals surface area contributed by atoms with E-state index in [-0.39, 0.29) is 0 Å². The molecule has 0 aromatic carbocycles. The lowest BCUT2D eigenvalue weighted by atomic mass is 9.95. The van der Waals surface area contributed by atoms with Gasteiger partial charge in [0.25, 0.3) is 0 Å². The van der Waals surface area contributed by atoms with E-state index in [1.807, 2.05) is 0 Å². The Morgan fingerprint density at radius 1 is 1.19 bits per heavy atom. The van der Waals surface area contributed by atoms with Gasteiger partial charge in [0.15, 0.2) is 23.2 Å². The molecule has 0 spiro atoms. The summed E-state index contributed by atoms with van der Waals surface area (Å²) < 4.78 is 20.0. The fourth-order valence-electron chi connectivity index (χ4n) is 4.83. The number of alkyl halides is 1. The molecule has 3 fully saturated rings. The summed E-state index contributed by atoms with van der Waals surface area (Å²) in [6.07, 6.45) is 3.45. The molecule has 9 heteroatoms. The van der Waals surface area contributed by atoms with Crippen molar-refractivity contribution in [2.24, 2.45) is 11.8 Å². The van der Waals surface area contributed by atoms with E-state index in [2.05, 4.69) is 20.3 Å². The van der Waals surface area contributed by atoms with E-state index in [0.717, 1.165) is 12.3 Å². The SMILES string of the molecule is O[C@@H]1[C@H](O)[C@@H](CF)O[C@H]1n1cnc2c(N[C@@H]3C[C@@H]4CC[C@H]3C4)ncnc21. The third kappa shape index (κ3) is 2.41. The third-order valence-electron chi connectivity index (χ3n) is 6.18. The van der Waals surface area contributed by atoms with Gasteiger partial charge in [-0.2, -0.15) is 0 Å². The first-order valence-electron chi connectivity index (χ1n) is 9.17. The second-order valence-electron chi connectivity index (χ2n) is 7.67. The molecule has 2 aliphatic carbocycles. The zero-order chi connectivity index (χ0) is 17.8. The van der Waals surface area contributed by atoms with Gasteiger partial charge in [0.2, 0.25) is 0 Å². The van der Waals surface area contributed by atoms with Crippen LogP contribution in [-0.4, -0.2) is 60.8 Å². The molecule has 0 radical (unpaired) electrons. The van der Waals surface area contributed by atoms with Gasteiger partial charge in [-0.05, 0) is 31.1 Å². The van der Waals surface area contributed by atoms with E-state index >= 15 is 0 Å². The van der Waals surface area contributed by atoms with Crippen LogP contribution in [0.2, 0.25) is 0 Å². The Morgan fingerprint density at radius 2 is 2.08 bits per heavy atom. The van der Waals surface area contributed by atoms with Gasteiger partial charge < -0.3 is 20.3 Å². The summed E-state index contributed by atoms with van der Waals surface area (Å²) in [5, 5.41) is 23.6. The van der Waals surface area contributed by atoms with Gasteiger partial charge in [-0.1, -0.05) is 6.42 Å². The van der Waals surface area contributed by atoms with Gasteiger partial charge >= 0.3 is 0 Å². The molecule has 2 bridgehead atoms. The Hall–Kier alpha value is -1.84. The summed E-state index contributed by atoms with van der Waals surface area (Å²) in [6.45, 7) is -0.868. The number of fused-ring (bicyclic) bond motifs is 3. The molecular formula is C17H22FN5O3. The zero-order valence-electron chi connectivity index (χ0n) is 14.2. The van der Waals surface area contributed by atoms with E-state index in [0.29, 0.717) is 28.9 Å². The molecule has 3 aliphatic rings. The van der Waals surface area contributed by atoms with Crippen molar-refractivity contribution < 1.29 is 19.3 Å². The van der Waals surface area contributed by atoms with Crippen molar-refractivity contribution in [2.45, 2.75) is 56.3 Å². The summed E-state index contributed by atoms with van der Waals surface area (Å²) in [6, 6.07) is 0.406. The van der Waals surface area contributed by atoms with Gasteiger partial charge in [0.1, 0.15) is 31.3 Å². The number of nitrogens with zero attached hydrogens (tertiary/aromatic N) is 4.